The average Bonchev–Trinajstić information content (AvgIpc) is 2.74. The van der Waals surface area contributed by atoms with Crippen LogP contribution < -0.4 is 0 Å². The smallest absolute Gasteiger partial charge is 0.331 e. The minimum Gasteiger partial charge on any atom is -0.463 e. The van der Waals surface area contributed by atoms with Crippen LogP contribution in [0.5, 0.6) is 0 Å². The van der Waals surface area contributed by atoms with Gasteiger partial charge in [-0.15, -0.1) is 0 Å². The maximum absolute atomic E-state index is 12.7. The normalized spacial score (nSPS) is 22.4. The van der Waals surface area contributed by atoms with Crippen LogP contribution in [-0.4, -0.2) is 30.2 Å². The topological polar surface area (TPSA) is 69.7 Å². The van der Waals surface area contributed by atoms with Gasteiger partial charge in [-0.1, -0.05) is 51.1 Å². The molecular formula is C22H28O5. The van der Waals surface area contributed by atoms with Crippen molar-refractivity contribution in [1.82, 2.24) is 0 Å². The van der Waals surface area contributed by atoms with E-state index in [-0.39, 0.29) is 37.4 Å². The molecule has 0 aliphatic carbocycles. The average molecular weight is 372 g/mol. The largest absolute Gasteiger partial charge is 0.463 e. The summed E-state index contributed by atoms with van der Waals surface area (Å²) in [5, 5.41) is 0. The van der Waals surface area contributed by atoms with E-state index in [4.69, 9.17) is 9.47 Å². The first-order chi connectivity index (χ1) is 12.7. The number of ether oxygens (including phenoxy) is 2. The Kier molecular flexibility index (Phi) is 7.08. The van der Waals surface area contributed by atoms with Gasteiger partial charge in [0.05, 0.1) is 18.8 Å². The second kappa shape index (κ2) is 9.09. The highest BCUT2D eigenvalue weighted by Gasteiger charge is 2.33. The predicted molar refractivity (Wildman–Crippen MR) is 102 cm³/mol. The van der Waals surface area contributed by atoms with E-state index in [9.17, 15) is 14.4 Å². The third kappa shape index (κ3) is 6.14. The maximum Gasteiger partial charge on any atom is 0.331 e. The summed E-state index contributed by atoms with van der Waals surface area (Å²) < 4.78 is 11.1. The standard InChI is InChI=1S/C22H28O5/c1-5-26-21(25)12-16-11-17(13-20(24)22(2,3)4)27-19(14-18(16)23)15-9-7-6-8-10-15/h6-10,12,17,19H,5,11,13-14H2,1-4H3/b16-12+/t17-,19-/m1/s1. The molecule has 1 aromatic rings. The Morgan fingerprint density at radius 1 is 1.19 bits per heavy atom. The van der Waals surface area contributed by atoms with Crippen molar-refractivity contribution in [1.29, 1.82) is 0 Å². The van der Waals surface area contributed by atoms with Crippen LogP contribution in [0.1, 0.15) is 58.6 Å². The number of ketones is 2. The van der Waals surface area contributed by atoms with E-state index in [0.717, 1.165) is 5.56 Å². The lowest BCUT2D eigenvalue weighted by atomic mass is 9.86. The molecule has 146 valence electrons. The number of benzene rings is 1. The molecule has 1 heterocycles. The van der Waals surface area contributed by atoms with E-state index in [0.29, 0.717) is 5.57 Å². The first kappa shape index (κ1) is 21.0. The molecule has 1 aliphatic heterocycles. The van der Waals surface area contributed by atoms with E-state index < -0.39 is 23.6 Å². The lowest BCUT2D eigenvalue weighted by Crippen LogP contribution is -2.27. The molecule has 5 heteroatoms. The first-order valence-electron chi connectivity index (χ1n) is 9.35. The summed E-state index contributed by atoms with van der Waals surface area (Å²) >= 11 is 0. The molecule has 0 unspecified atom stereocenters. The van der Waals surface area contributed by atoms with Gasteiger partial charge in [-0.25, -0.2) is 4.79 Å². The Labute approximate surface area is 160 Å². The van der Waals surface area contributed by atoms with E-state index in [1.807, 2.05) is 51.1 Å². The number of hydrogen-bond acceptors (Lipinski definition) is 5. The number of carbonyl (C=O) groups is 3. The van der Waals surface area contributed by atoms with Crippen LogP contribution in [-0.2, 0) is 23.9 Å². The lowest BCUT2D eigenvalue weighted by molar-refractivity contribution is -0.137. The van der Waals surface area contributed by atoms with Crippen molar-refractivity contribution in [3.63, 3.8) is 0 Å². The van der Waals surface area contributed by atoms with Crippen LogP contribution in [0.15, 0.2) is 42.0 Å². The van der Waals surface area contributed by atoms with Crippen LogP contribution in [0.4, 0.5) is 0 Å². The Morgan fingerprint density at radius 2 is 1.85 bits per heavy atom. The van der Waals surface area contributed by atoms with Gasteiger partial charge in [0.1, 0.15) is 5.78 Å². The minimum absolute atomic E-state index is 0.0594. The molecule has 1 aromatic carbocycles. The molecule has 1 fully saturated rings. The molecule has 0 radical (unpaired) electrons. The number of carbonyl (C=O) groups excluding carboxylic acids is 3. The van der Waals surface area contributed by atoms with Crippen LogP contribution in [0.2, 0.25) is 0 Å². The van der Waals surface area contributed by atoms with Gasteiger partial charge in [0, 0.05) is 36.3 Å². The highest BCUT2D eigenvalue weighted by Crippen LogP contribution is 2.33. The van der Waals surface area contributed by atoms with Gasteiger partial charge in [-0.05, 0) is 12.5 Å². The Morgan fingerprint density at radius 3 is 2.44 bits per heavy atom. The molecule has 0 aromatic heterocycles. The molecule has 1 aliphatic rings. The number of esters is 1. The van der Waals surface area contributed by atoms with Crippen LogP contribution in [0, 0.1) is 5.41 Å². The summed E-state index contributed by atoms with van der Waals surface area (Å²) in [5.74, 6) is -0.633. The van der Waals surface area contributed by atoms with Gasteiger partial charge in [0.2, 0.25) is 0 Å². The third-order valence-electron chi connectivity index (χ3n) is 4.53. The second-order valence-electron chi connectivity index (χ2n) is 7.79. The highest BCUT2D eigenvalue weighted by molar-refractivity contribution is 6.01. The first-order valence-corrected chi connectivity index (χ1v) is 9.35. The van der Waals surface area contributed by atoms with Crippen molar-refractivity contribution in [2.24, 2.45) is 5.41 Å². The van der Waals surface area contributed by atoms with Crippen molar-refractivity contribution in [2.75, 3.05) is 6.61 Å². The Bertz CT molecular complexity index is 712. The lowest BCUT2D eigenvalue weighted by Gasteiger charge is -2.24. The fourth-order valence-corrected chi connectivity index (χ4v) is 2.95. The zero-order chi connectivity index (χ0) is 20.0. The second-order valence-corrected chi connectivity index (χ2v) is 7.79. The molecular weight excluding hydrogens is 344 g/mol. The number of rotatable bonds is 5. The van der Waals surface area contributed by atoms with Crippen LogP contribution in [0.25, 0.3) is 0 Å². The molecule has 0 spiro atoms. The van der Waals surface area contributed by atoms with Crippen molar-refractivity contribution in [3.05, 3.63) is 47.5 Å². The van der Waals surface area contributed by atoms with Crippen molar-refractivity contribution in [2.45, 2.75) is 59.2 Å². The van der Waals surface area contributed by atoms with E-state index in [1.54, 1.807) is 6.92 Å². The van der Waals surface area contributed by atoms with E-state index >= 15 is 0 Å². The van der Waals surface area contributed by atoms with Crippen molar-refractivity contribution < 1.29 is 23.9 Å². The SMILES string of the molecule is CCOC(=O)/C=C1\C[C@H](CC(=O)C(C)(C)C)O[C@@H](c2ccccc2)CC1=O. The van der Waals surface area contributed by atoms with Crippen molar-refractivity contribution in [3.8, 4) is 0 Å². The van der Waals surface area contributed by atoms with Gasteiger partial charge < -0.3 is 9.47 Å². The monoisotopic (exact) mass is 372 g/mol. The Hall–Kier alpha value is -2.27. The summed E-state index contributed by atoms with van der Waals surface area (Å²) in [7, 11) is 0. The quantitative estimate of drug-likeness (QED) is 0.578. The minimum atomic E-state index is -0.542. The van der Waals surface area contributed by atoms with Gasteiger partial charge in [-0.2, -0.15) is 0 Å². The third-order valence-corrected chi connectivity index (χ3v) is 4.53. The highest BCUT2D eigenvalue weighted by atomic mass is 16.5. The molecule has 0 bridgehead atoms. The zero-order valence-corrected chi connectivity index (χ0v) is 16.5. The maximum atomic E-state index is 12.7. The zero-order valence-electron chi connectivity index (χ0n) is 16.5. The molecule has 1 saturated heterocycles. The molecule has 27 heavy (non-hydrogen) atoms. The van der Waals surface area contributed by atoms with Gasteiger partial charge in [0.25, 0.3) is 0 Å². The molecule has 0 saturated carbocycles. The fraction of sp³-hybridized carbons (Fsp3) is 0.500. The summed E-state index contributed by atoms with van der Waals surface area (Å²) in [4.78, 5) is 37.1. The number of hydrogen-bond donors (Lipinski definition) is 0. The van der Waals surface area contributed by atoms with Crippen molar-refractivity contribution >= 4 is 17.5 Å². The Balaban J connectivity index is 2.30. The van der Waals surface area contributed by atoms with Crippen LogP contribution >= 0.6 is 0 Å². The summed E-state index contributed by atoms with van der Waals surface area (Å²) in [5.41, 5.74) is 0.752. The molecule has 0 amide bonds. The van der Waals surface area contributed by atoms with Crippen LogP contribution in [0.3, 0.4) is 0 Å². The number of Topliss-reactive ketones (excluding diaryl/α,β-unsaturated/α-hetero) is 2. The van der Waals surface area contributed by atoms with Gasteiger partial charge >= 0.3 is 5.97 Å². The molecule has 2 rings (SSSR count). The summed E-state index contributed by atoms with van der Waals surface area (Å²) in [6, 6.07) is 9.48. The summed E-state index contributed by atoms with van der Waals surface area (Å²) in [6.07, 6.45) is 0.897. The predicted octanol–water partition coefficient (Wildman–Crippen LogP) is 3.97. The van der Waals surface area contributed by atoms with E-state index in [1.165, 1.54) is 6.08 Å². The molecule has 5 nitrogen and oxygen atoms in total. The molecule has 0 N–H and O–H groups in total. The van der Waals surface area contributed by atoms with E-state index in [2.05, 4.69) is 0 Å². The summed E-state index contributed by atoms with van der Waals surface area (Å²) in [6.45, 7) is 7.54. The molecule has 2 atom stereocenters. The van der Waals surface area contributed by atoms with Gasteiger partial charge in [-0.3, -0.25) is 9.59 Å². The van der Waals surface area contributed by atoms with Gasteiger partial charge in [0.15, 0.2) is 5.78 Å². The fourth-order valence-electron chi connectivity index (χ4n) is 2.95.